The summed E-state index contributed by atoms with van der Waals surface area (Å²) in [5.74, 6) is 1.28. The van der Waals surface area contributed by atoms with Crippen LogP contribution in [0, 0.1) is 0 Å². The van der Waals surface area contributed by atoms with Gasteiger partial charge in [0.15, 0.2) is 0 Å². The lowest BCUT2D eigenvalue weighted by atomic mass is 9.93. The molecular weight excluding hydrogens is 272 g/mol. The van der Waals surface area contributed by atoms with Gasteiger partial charge in [0, 0.05) is 6.42 Å². The van der Waals surface area contributed by atoms with E-state index in [1.54, 1.807) is 0 Å². The highest BCUT2D eigenvalue weighted by Crippen LogP contribution is 2.36. The smallest absolute Gasteiger partial charge is 0.408 e. The number of ether oxygens (including phenoxy) is 2. The van der Waals surface area contributed by atoms with E-state index >= 15 is 0 Å². The number of alkyl carbamates (subject to hydrolysis) is 1. The molecule has 0 aromatic carbocycles. The SMILES string of the molecule is CCOc1noc2c1C(NC(=O)OC(C)(C)CC)CCC2. The lowest BCUT2D eigenvalue weighted by molar-refractivity contribution is 0.0337. The Kier molecular flexibility index (Phi) is 4.75. The molecule has 1 aromatic heterocycles. The van der Waals surface area contributed by atoms with Gasteiger partial charge in [-0.25, -0.2) is 4.79 Å². The number of fused-ring (bicyclic) bond motifs is 1. The Morgan fingerprint density at radius 3 is 2.90 bits per heavy atom. The minimum absolute atomic E-state index is 0.165. The van der Waals surface area contributed by atoms with Crippen molar-refractivity contribution in [3.63, 3.8) is 0 Å². The first-order valence-corrected chi connectivity index (χ1v) is 7.57. The summed E-state index contributed by atoms with van der Waals surface area (Å²) in [6.07, 6.45) is 2.94. The Morgan fingerprint density at radius 1 is 1.48 bits per heavy atom. The Balaban J connectivity index is 2.09. The van der Waals surface area contributed by atoms with E-state index in [0.717, 1.165) is 37.0 Å². The Morgan fingerprint density at radius 2 is 2.24 bits per heavy atom. The van der Waals surface area contributed by atoms with Gasteiger partial charge in [0.05, 0.1) is 18.2 Å². The molecule has 1 heterocycles. The second-order valence-corrected chi connectivity index (χ2v) is 5.85. The molecule has 1 aliphatic rings. The van der Waals surface area contributed by atoms with Gasteiger partial charge in [0.2, 0.25) is 0 Å². The molecule has 1 unspecified atom stereocenters. The topological polar surface area (TPSA) is 73.6 Å². The third-order valence-corrected chi connectivity index (χ3v) is 3.81. The van der Waals surface area contributed by atoms with Crippen molar-refractivity contribution in [3.8, 4) is 5.88 Å². The molecule has 6 nitrogen and oxygen atoms in total. The summed E-state index contributed by atoms with van der Waals surface area (Å²) in [6, 6.07) is -0.165. The van der Waals surface area contributed by atoms with E-state index in [0.29, 0.717) is 12.5 Å². The maximum absolute atomic E-state index is 12.1. The highest BCUT2D eigenvalue weighted by atomic mass is 16.6. The fraction of sp³-hybridized carbons (Fsp3) is 0.733. The zero-order valence-electron chi connectivity index (χ0n) is 13.2. The van der Waals surface area contributed by atoms with Gasteiger partial charge in [-0.15, -0.1) is 0 Å². The lowest BCUT2D eigenvalue weighted by Crippen LogP contribution is -2.37. The monoisotopic (exact) mass is 296 g/mol. The predicted molar refractivity (Wildman–Crippen MR) is 77.3 cm³/mol. The second kappa shape index (κ2) is 6.37. The van der Waals surface area contributed by atoms with Crippen LogP contribution in [0.1, 0.15) is 64.3 Å². The summed E-state index contributed by atoms with van der Waals surface area (Å²) in [4.78, 5) is 12.1. The number of nitrogens with one attached hydrogen (secondary N) is 1. The third-order valence-electron chi connectivity index (χ3n) is 3.81. The summed E-state index contributed by atoms with van der Waals surface area (Å²) in [7, 11) is 0. The molecule has 0 bridgehead atoms. The van der Waals surface area contributed by atoms with Gasteiger partial charge >= 0.3 is 6.09 Å². The van der Waals surface area contributed by atoms with Crippen molar-refractivity contribution in [2.45, 2.75) is 65.0 Å². The van der Waals surface area contributed by atoms with Crippen LogP contribution >= 0.6 is 0 Å². The minimum atomic E-state index is -0.473. The molecule has 0 fully saturated rings. The molecule has 0 saturated heterocycles. The minimum Gasteiger partial charge on any atom is -0.476 e. The van der Waals surface area contributed by atoms with Crippen LogP contribution < -0.4 is 10.1 Å². The quantitative estimate of drug-likeness (QED) is 0.901. The largest absolute Gasteiger partial charge is 0.476 e. The van der Waals surface area contributed by atoms with Gasteiger partial charge in [-0.3, -0.25) is 0 Å². The molecule has 1 atom stereocenters. The maximum atomic E-state index is 12.1. The molecule has 0 aliphatic heterocycles. The number of carbonyl (C=O) groups is 1. The molecule has 0 spiro atoms. The first-order valence-electron chi connectivity index (χ1n) is 7.57. The normalized spacial score (nSPS) is 18.0. The van der Waals surface area contributed by atoms with Crippen molar-refractivity contribution in [1.82, 2.24) is 10.5 Å². The lowest BCUT2D eigenvalue weighted by Gasteiger charge is -2.27. The zero-order valence-corrected chi connectivity index (χ0v) is 13.2. The Hall–Kier alpha value is -1.72. The van der Waals surface area contributed by atoms with Crippen molar-refractivity contribution in [3.05, 3.63) is 11.3 Å². The van der Waals surface area contributed by atoms with Crippen LogP contribution in [-0.2, 0) is 11.2 Å². The standard InChI is InChI=1S/C15H24N2O4/c1-5-15(3,4)20-14(18)16-10-8-7-9-11-12(10)13(17-21-11)19-6-2/h10H,5-9H2,1-4H3,(H,16,18). The first-order chi connectivity index (χ1) is 9.96. The Labute approximate surface area is 125 Å². The van der Waals surface area contributed by atoms with Crippen molar-refractivity contribution < 1.29 is 18.8 Å². The summed E-state index contributed by atoms with van der Waals surface area (Å²) in [5, 5.41) is 6.86. The maximum Gasteiger partial charge on any atom is 0.408 e. The molecule has 0 saturated carbocycles. The van der Waals surface area contributed by atoms with Crippen LogP contribution in [-0.4, -0.2) is 23.5 Å². The number of amides is 1. The van der Waals surface area contributed by atoms with Gasteiger partial charge in [-0.2, -0.15) is 0 Å². The van der Waals surface area contributed by atoms with Gasteiger partial charge in [-0.05, 0) is 45.2 Å². The molecule has 1 aliphatic carbocycles. The summed E-state index contributed by atoms with van der Waals surface area (Å²) < 4.78 is 16.2. The predicted octanol–water partition coefficient (Wildman–Crippen LogP) is 3.37. The van der Waals surface area contributed by atoms with Crippen molar-refractivity contribution >= 4 is 6.09 Å². The second-order valence-electron chi connectivity index (χ2n) is 5.85. The Bertz CT molecular complexity index is 496. The van der Waals surface area contributed by atoms with E-state index in [9.17, 15) is 4.79 Å². The van der Waals surface area contributed by atoms with Gasteiger partial charge < -0.3 is 19.3 Å². The number of aryl methyl sites for hydroxylation is 1. The van der Waals surface area contributed by atoms with E-state index in [1.807, 2.05) is 27.7 Å². The molecule has 0 radical (unpaired) electrons. The molecule has 2 rings (SSSR count). The van der Waals surface area contributed by atoms with Gasteiger partial charge in [0.1, 0.15) is 11.4 Å². The molecule has 1 N–H and O–H groups in total. The van der Waals surface area contributed by atoms with Crippen molar-refractivity contribution in [1.29, 1.82) is 0 Å². The highest BCUT2D eigenvalue weighted by Gasteiger charge is 2.32. The molecule has 1 aromatic rings. The average Bonchev–Trinajstić information content (AvgIpc) is 2.83. The number of carbonyl (C=O) groups excluding carboxylic acids is 1. The fourth-order valence-electron chi connectivity index (χ4n) is 2.33. The number of hydrogen-bond donors (Lipinski definition) is 1. The van der Waals surface area contributed by atoms with Crippen LogP contribution in [0.4, 0.5) is 4.79 Å². The summed E-state index contributed by atoms with van der Waals surface area (Å²) >= 11 is 0. The van der Waals surface area contributed by atoms with Crippen LogP contribution in [0.15, 0.2) is 4.52 Å². The van der Waals surface area contributed by atoms with Crippen LogP contribution in [0.5, 0.6) is 5.88 Å². The van der Waals surface area contributed by atoms with Crippen LogP contribution in [0.2, 0.25) is 0 Å². The summed E-state index contributed by atoms with van der Waals surface area (Å²) in [5.41, 5.74) is 0.383. The van der Waals surface area contributed by atoms with E-state index in [1.165, 1.54) is 0 Å². The molecule has 21 heavy (non-hydrogen) atoms. The third kappa shape index (κ3) is 3.68. The number of rotatable bonds is 5. The van der Waals surface area contributed by atoms with E-state index < -0.39 is 11.7 Å². The van der Waals surface area contributed by atoms with Crippen LogP contribution in [0.25, 0.3) is 0 Å². The van der Waals surface area contributed by atoms with E-state index in [4.69, 9.17) is 14.0 Å². The van der Waals surface area contributed by atoms with Gasteiger partial charge in [0.25, 0.3) is 5.88 Å². The fourth-order valence-corrected chi connectivity index (χ4v) is 2.33. The molecule has 6 heteroatoms. The van der Waals surface area contributed by atoms with E-state index in [-0.39, 0.29) is 6.04 Å². The molecular formula is C15H24N2O4. The first kappa shape index (κ1) is 15.7. The van der Waals surface area contributed by atoms with Crippen LogP contribution in [0.3, 0.4) is 0 Å². The number of hydrogen-bond acceptors (Lipinski definition) is 5. The van der Waals surface area contributed by atoms with E-state index in [2.05, 4.69) is 10.5 Å². The van der Waals surface area contributed by atoms with Crippen molar-refractivity contribution in [2.24, 2.45) is 0 Å². The summed E-state index contributed by atoms with van der Waals surface area (Å²) in [6.45, 7) is 8.18. The average molecular weight is 296 g/mol. The van der Waals surface area contributed by atoms with Gasteiger partial charge in [-0.1, -0.05) is 6.92 Å². The number of nitrogens with zero attached hydrogens (tertiary/aromatic N) is 1. The zero-order chi connectivity index (χ0) is 15.5. The van der Waals surface area contributed by atoms with Crippen molar-refractivity contribution in [2.75, 3.05) is 6.61 Å². The number of aromatic nitrogens is 1. The molecule has 1 amide bonds. The highest BCUT2D eigenvalue weighted by molar-refractivity contribution is 5.68. The molecule has 118 valence electrons.